The first-order valence-corrected chi connectivity index (χ1v) is 10.5. The summed E-state index contributed by atoms with van der Waals surface area (Å²) >= 11 is 1.47. The van der Waals surface area contributed by atoms with Crippen molar-refractivity contribution in [2.24, 2.45) is 4.99 Å². The standard InChI is InChI=1S/C23H22N2O3S/c1-3-18-21(26)25-20(17-12-8-5-9-13-17)19(15(2)24-23(25)29-18)22(27)28-14-16-10-6-4-7-11-16/h4-13,18,20H,3,14H2,1-2H3/t18-,20-/m0/s1. The maximum atomic E-state index is 13.1. The number of esters is 1. The molecule has 0 aliphatic carbocycles. The van der Waals surface area contributed by atoms with Gasteiger partial charge in [0.2, 0.25) is 5.91 Å². The van der Waals surface area contributed by atoms with Crippen molar-refractivity contribution in [1.29, 1.82) is 0 Å². The summed E-state index contributed by atoms with van der Waals surface area (Å²) in [4.78, 5) is 32.4. The number of thioether (sulfide) groups is 1. The molecule has 148 valence electrons. The van der Waals surface area contributed by atoms with Gasteiger partial charge in [-0.3, -0.25) is 9.69 Å². The van der Waals surface area contributed by atoms with Crippen LogP contribution in [0.5, 0.6) is 0 Å². The Labute approximate surface area is 174 Å². The van der Waals surface area contributed by atoms with Crippen molar-refractivity contribution in [3.8, 4) is 0 Å². The van der Waals surface area contributed by atoms with Crippen molar-refractivity contribution in [2.75, 3.05) is 0 Å². The molecule has 0 saturated carbocycles. The van der Waals surface area contributed by atoms with E-state index in [9.17, 15) is 9.59 Å². The van der Waals surface area contributed by atoms with E-state index in [4.69, 9.17) is 4.74 Å². The number of amides is 1. The van der Waals surface area contributed by atoms with E-state index >= 15 is 0 Å². The number of nitrogens with zero attached hydrogens (tertiary/aromatic N) is 2. The van der Waals surface area contributed by atoms with Crippen LogP contribution in [0.3, 0.4) is 0 Å². The van der Waals surface area contributed by atoms with Crippen LogP contribution in [0.4, 0.5) is 0 Å². The van der Waals surface area contributed by atoms with Crippen LogP contribution in [0.25, 0.3) is 0 Å². The molecule has 29 heavy (non-hydrogen) atoms. The van der Waals surface area contributed by atoms with E-state index in [1.165, 1.54) is 11.8 Å². The normalized spacial score (nSPS) is 21.1. The van der Waals surface area contributed by atoms with E-state index in [2.05, 4.69) is 4.99 Å². The number of fused-ring (bicyclic) bond motifs is 1. The third kappa shape index (κ3) is 3.72. The minimum atomic E-state index is -0.525. The molecule has 2 aliphatic rings. The highest BCUT2D eigenvalue weighted by Gasteiger charge is 2.47. The minimum absolute atomic E-state index is 0.00837. The Balaban J connectivity index is 1.69. The molecule has 0 unspecified atom stereocenters. The number of benzene rings is 2. The summed E-state index contributed by atoms with van der Waals surface area (Å²) in [6.07, 6.45) is 0.716. The van der Waals surface area contributed by atoms with Gasteiger partial charge in [0.1, 0.15) is 6.61 Å². The lowest BCUT2D eigenvalue weighted by atomic mass is 9.94. The number of hydrogen-bond donors (Lipinski definition) is 0. The van der Waals surface area contributed by atoms with Gasteiger partial charge in [-0.2, -0.15) is 0 Å². The topological polar surface area (TPSA) is 59.0 Å². The summed E-state index contributed by atoms with van der Waals surface area (Å²) in [5.74, 6) is -0.452. The number of aliphatic imine (C=N–C) groups is 1. The first-order chi connectivity index (χ1) is 14.1. The predicted octanol–water partition coefficient (Wildman–Crippen LogP) is 4.47. The maximum absolute atomic E-state index is 13.1. The van der Waals surface area contributed by atoms with Crippen molar-refractivity contribution >= 4 is 28.8 Å². The molecular formula is C23H22N2O3S. The second-order valence-electron chi connectivity index (χ2n) is 6.99. The van der Waals surface area contributed by atoms with E-state index in [1.807, 2.05) is 74.5 Å². The Morgan fingerprint density at radius 3 is 2.41 bits per heavy atom. The molecule has 0 aromatic heterocycles. The highest BCUT2D eigenvalue weighted by molar-refractivity contribution is 8.15. The van der Waals surface area contributed by atoms with E-state index in [0.29, 0.717) is 22.9 Å². The van der Waals surface area contributed by atoms with E-state index in [1.54, 1.807) is 4.90 Å². The second kappa shape index (κ2) is 8.25. The smallest absolute Gasteiger partial charge is 0.338 e. The quantitative estimate of drug-likeness (QED) is 0.688. The molecular weight excluding hydrogens is 384 g/mol. The Morgan fingerprint density at radius 1 is 1.10 bits per heavy atom. The van der Waals surface area contributed by atoms with Crippen LogP contribution >= 0.6 is 11.8 Å². The van der Waals surface area contributed by atoms with Gasteiger partial charge in [0.25, 0.3) is 0 Å². The fraction of sp³-hybridized carbons (Fsp3) is 0.261. The summed E-state index contributed by atoms with van der Waals surface area (Å²) in [6.45, 7) is 3.97. The zero-order valence-corrected chi connectivity index (χ0v) is 17.2. The van der Waals surface area contributed by atoms with Crippen LogP contribution in [0.2, 0.25) is 0 Å². The van der Waals surface area contributed by atoms with Gasteiger partial charge in [0.15, 0.2) is 5.17 Å². The monoisotopic (exact) mass is 406 g/mol. The van der Waals surface area contributed by atoms with Crippen molar-refractivity contribution < 1.29 is 14.3 Å². The van der Waals surface area contributed by atoms with Crippen LogP contribution in [0, 0.1) is 0 Å². The first-order valence-electron chi connectivity index (χ1n) is 9.65. The second-order valence-corrected chi connectivity index (χ2v) is 8.16. The van der Waals surface area contributed by atoms with Gasteiger partial charge in [-0.1, -0.05) is 79.3 Å². The summed E-state index contributed by atoms with van der Waals surface area (Å²) in [7, 11) is 0. The van der Waals surface area contributed by atoms with E-state index in [-0.39, 0.29) is 17.8 Å². The summed E-state index contributed by atoms with van der Waals surface area (Å²) in [5.41, 5.74) is 2.80. The number of rotatable bonds is 5. The van der Waals surface area contributed by atoms with Crippen LogP contribution in [0.1, 0.15) is 37.4 Å². The maximum Gasteiger partial charge on any atom is 0.338 e. The van der Waals surface area contributed by atoms with Gasteiger partial charge < -0.3 is 4.74 Å². The number of carbonyl (C=O) groups excluding carboxylic acids is 2. The van der Waals surface area contributed by atoms with Crippen LogP contribution in [-0.4, -0.2) is 27.2 Å². The Morgan fingerprint density at radius 2 is 1.76 bits per heavy atom. The summed E-state index contributed by atoms with van der Waals surface area (Å²) in [6, 6.07) is 18.6. The van der Waals surface area contributed by atoms with Gasteiger partial charge in [-0.05, 0) is 24.5 Å². The van der Waals surface area contributed by atoms with Crippen molar-refractivity contribution in [2.45, 2.75) is 38.2 Å². The zero-order chi connectivity index (χ0) is 20.4. The molecule has 2 aliphatic heterocycles. The van der Waals surface area contributed by atoms with Crippen molar-refractivity contribution in [3.63, 3.8) is 0 Å². The Hall–Kier alpha value is -2.86. The first kappa shape index (κ1) is 19.5. The zero-order valence-electron chi connectivity index (χ0n) is 16.4. The highest BCUT2D eigenvalue weighted by Crippen LogP contribution is 2.43. The number of hydrogen-bond acceptors (Lipinski definition) is 5. The summed E-state index contributed by atoms with van der Waals surface area (Å²) in [5, 5.41) is 0.486. The van der Waals surface area contributed by atoms with E-state index in [0.717, 1.165) is 11.1 Å². The van der Waals surface area contributed by atoms with Crippen LogP contribution in [-0.2, 0) is 20.9 Å². The fourth-order valence-corrected chi connectivity index (χ4v) is 4.74. The fourth-order valence-electron chi connectivity index (χ4n) is 3.60. The molecule has 6 heteroatoms. The summed E-state index contributed by atoms with van der Waals surface area (Å²) < 4.78 is 5.62. The number of ether oxygens (including phenoxy) is 1. The molecule has 1 saturated heterocycles. The molecule has 1 amide bonds. The average molecular weight is 407 g/mol. The SMILES string of the molecule is CC[C@@H]1SC2=NC(C)=C(C(=O)OCc3ccccc3)[C@H](c3ccccc3)N2C1=O. The van der Waals surface area contributed by atoms with Crippen LogP contribution in [0.15, 0.2) is 76.9 Å². The lowest BCUT2D eigenvalue weighted by Crippen LogP contribution is -2.40. The lowest BCUT2D eigenvalue weighted by molar-refractivity contribution is -0.141. The molecule has 0 N–H and O–H groups in total. The molecule has 0 bridgehead atoms. The molecule has 0 radical (unpaired) electrons. The van der Waals surface area contributed by atoms with Gasteiger partial charge in [-0.15, -0.1) is 0 Å². The third-order valence-corrected chi connectivity index (χ3v) is 6.39. The molecule has 2 aromatic carbocycles. The molecule has 5 nitrogen and oxygen atoms in total. The Bertz CT molecular complexity index is 986. The minimum Gasteiger partial charge on any atom is -0.457 e. The molecule has 4 rings (SSSR count). The number of carbonyl (C=O) groups is 2. The van der Waals surface area contributed by atoms with Gasteiger partial charge >= 0.3 is 5.97 Å². The van der Waals surface area contributed by atoms with Gasteiger partial charge in [0, 0.05) is 0 Å². The van der Waals surface area contributed by atoms with Crippen molar-refractivity contribution in [3.05, 3.63) is 83.1 Å². The Kier molecular flexibility index (Phi) is 5.53. The van der Waals surface area contributed by atoms with Gasteiger partial charge in [-0.25, -0.2) is 9.79 Å². The third-order valence-electron chi connectivity index (χ3n) is 5.07. The molecule has 1 fully saturated rings. The van der Waals surface area contributed by atoms with Gasteiger partial charge in [0.05, 0.1) is 22.6 Å². The number of amidine groups is 1. The molecule has 2 aromatic rings. The molecule has 2 heterocycles. The average Bonchev–Trinajstić information content (AvgIpc) is 3.07. The van der Waals surface area contributed by atoms with E-state index < -0.39 is 12.0 Å². The largest absolute Gasteiger partial charge is 0.457 e. The van der Waals surface area contributed by atoms with Crippen LogP contribution < -0.4 is 0 Å². The molecule has 2 atom stereocenters. The number of allylic oxidation sites excluding steroid dienone is 1. The predicted molar refractivity (Wildman–Crippen MR) is 114 cm³/mol. The van der Waals surface area contributed by atoms with Crippen molar-refractivity contribution in [1.82, 2.24) is 4.90 Å². The highest BCUT2D eigenvalue weighted by atomic mass is 32.2. The molecule has 0 spiro atoms. The lowest BCUT2D eigenvalue weighted by Gasteiger charge is -2.33.